The van der Waals surface area contributed by atoms with Crippen LogP contribution in [0.3, 0.4) is 0 Å². The fourth-order valence-corrected chi connectivity index (χ4v) is 4.76. The van der Waals surface area contributed by atoms with Gasteiger partial charge in [-0.15, -0.1) is 6.58 Å². The van der Waals surface area contributed by atoms with E-state index in [4.69, 9.17) is 5.73 Å². The molecule has 0 saturated heterocycles. The van der Waals surface area contributed by atoms with Gasteiger partial charge >= 0.3 is 12.4 Å². The molecule has 194 valence electrons. The van der Waals surface area contributed by atoms with E-state index in [1.54, 1.807) is 0 Å². The van der Waals surface area contributed by atoms with Gasteiger partial charge < -0.3 is 10.3 Å². The number of imidazole rings is 1. The minimum absolute atomic E-state index is 0.000800. The highest BCUT2D eigenvalue weighted by Gasteiger charge is 2.58. The molecule has 2 aromatic rings. The normalized spacial score (nSPS) is 21.4. The van der Waals surface area contributed by atoms with Gasteiger partial charge in [0.2, 0.25) is 0 Å². The van der Waals surface area contributed by atoms with Gasteiger partial charge in [0.05, 0.1) is 17.3 Å². The number of nitrogens with two attached hydrogens (primary N) is 1. The summed E-state index contributed by atoms with van der Waals surface area (Å²) in [6.07, 6.45) is -2.02. The Morgan fingerprint density at radius 1 is 1.26 bits per heavy atom. The van der Waals surface area contributed by atoms with Crippen molar-refractivity contribution in [1.82, 2.24) is 19.4 Å². The predicted octanol–water partition coefficient (Wildman–Crippen LogP) is 6.59. The maximum Gasteiger partial charge on any atom is 0.419 e. The average molecular weight is 504 g/mol. The van der Waals surface area contributed by atoms with Gasteiger partial charge in [0.25, 0.3) is 0 Å². The number of nitrogens with zero attached hydrogens (tertiary/aromatic N) is 4. The molecule has 3 atom stereocenters. The maximum atomic E-state index is 13.8. The Balaban J connectivity index is 2.09. The van der Waals surface area contributed by atoms with Crippen molar-refractivity contribution >= 4 is 5.82 Å². The van der Waals surface area contributed by atoms with E-state index in [0.29, 0.717) is 12.8 Å². The SMILES string of the molecule is C=CCCN(CCC)C1(CC)CC1n1cc(-c2cnc(N)c(C(F)(F)F)c2)nc1C(C)C(F)(F)F. The van der Waals surface area contributed by atoms with E-state index in [1.807, 2.05) is 19.9 Å². The number of hydrogen-bond donors (Lipinski definition) is 1. The number of alkyl halides is 6. The van der Waals surface area contributed by atoms with Crippen molar-refractivity contribution in [2.24, 2.45) is 0 Å². The lowest BCUT2D eigenvalue weighted by atomic mass is 10.1. The molecule has 1 saturated carbocycles. The summed E-state index contributed by atoms with van der Waals surface area (Å²) in [6.45, 7) is 10.3. The third kappa shape index (κ3) is 5.34. The van der Waals surface area contributed by atoms with Crippen molar-refractivity contribution in [2.45, 2.75) is 76.3 Å². The molecule has 35 heavy (non-hydrogen) atoms. The minimum atomic E-state index is -4.75. The number of pyridine rings is 1. The van der Waals surface area contributed by atoms with Crippen LogP contribution in [0.2, 0.25) is 0 Å². The predicted molar refractivity (Wildman–Crippen MR) is 123 cm³/mol. The molecule has 3 rings (SSSR count). The van der Waals surface area contributed by atoms with Crippen LogP contribution in [-0.4, -0.2) is 44.2 Å². The quantitative estimate of drug-likeness (QED) is 0.293. The van der Waals surface area contributed by atoms with Crippen LogP contribution in [0.15, 0.2) is 31.1 Å². The van der Waals surface area contributed by atoms with E-state index in [1.165, 1.54) is 10.8 Å². The van der Waals surface area contributed by atoms with Crippen molar-refractivity contribution in [3.05, 3.63) is 42.5 Å². The standard InChI is InChI=1S/C24H31F6N5/c1-5-8-10-34(9-6-2)22(7-3)12-19(22)35-14-18(33-21(35)15(4)23(25,26)27)16-11-17(24(28,29)30)20(31)32-13-16/h5,11,13-15,19H,1,6-10,12H2,2-4H3,(H2,31,32). The number of halogens is 6. The molecule has 0 aliphatic heterocycles. The maximum absolute atomic E-state index is 13.8. The summed E-state index contributed by atoms with van der Waals surface area (Å²) in [4.78, 5) is 10.1. The van der Waals surface area contributed by atoms with Crippen LogP contribution in [0, 0.1) is 0 Å². The van der Waals surface area contributed by atoms with Crippen molar-refractivity contribution < 1.29 is 26.3 Å². The average Bonchev–Trinajstić information content (AvgIpc) is 3.36. The van der Waals surface area contributed by atoms with E-state index >= 15 is 0 Å². The number of rotatable bonds is 10. The summed E-state index contributed by atoms with van der Waals surface area (Å²) in [6, 6.07) is 0.499. The lowest BCUT2D eigenvalue weighted by molar-refractivity contribution is -0.148. The molecular formula is C24H31F6N5. The smallest absolute Gasteiger partial charge is 0.383 e. The van der Waals surface area contributed by atoms with Crippen LogP contribution < -0.4 is 5.73 Å². The van der Waals surface area contributed by atoms with Gasteiger partial charge in [0.15, 0.2) is 0 Å². The first-order chi connectivity index (χ1) is 16.3. The van der Waals surface area contributed by atoms with E-state index in [9.17, 15) is 26.3 Å². The second kappa shape index (κ2) is 9.83. The molecule has 1 aliphatic rings. The third-order valence-corrected chi connectivity index (χ3v) is 6.84. The first-order valence-electron chi connectivity index (χ1n) is 11.6. The molecule has 1 fully saturated rings. The highest BCUT2D eigenvalue weighted by molar-refractivity contribution is 5.62. The highest BCUT2D eigenvalue weighted by Crippen LogP contribution is 2.56. The van der Waals surface area contributed by atoms with Crippen molar-refractivity contribution in [1.29, 1.82) is 0 Å². The van der Waals surface area contributed by atoms with Gasteiger partial charge in [-0.3, -0.25) is 4.90 Å². The minimum Gasteiger partial charge on any atom is -0.383 e. The van der Waals surface area contributed by atoms with Gasteiger partial charge in [-0.2, -0.15) is 26.3 Å². The molecule has 11 heteroatoms. The Hall–Kier alpha value is -2.56. The molecule has 3 unspecified atom stereocenters. The van der Waals surface area contributed by atoms with Gasteiger partial charge in [-0.05, 0) is 45.2 Å². The lowest BCUT2D eigenvalue weighted by Crippen LogP contribution is -2.40. The summed E-state index contributed by atoms with van der Waals surface area (Å²) >= 11 is 0. The van der Waals surface area contributed by atoms with Crippen LogP contribution in [0.1, 0.15) is 69.8 Å². The summed E-state index contributed by atoms with van der Waals surface area (Å²) in [7, 11) is 0. The Kier molecular flexibility index (Phi) is 7.59. The molecular weight excluding hydrogens is 472 g/mol. The fraction of sp³-hybridized carbons (Fsp3) is 0.583. The molecule has 0 radical (unpaired) electrons. The van der Waals surface area contributed by atoms with E-state index in [0.717, 1.165) is 45.1 Å². The molecule has 2 N–H and O–H groups in total. The Morgan fingerprint density at radius 3 is 2.49 bits per heavy atom. The van der Waals surface area contributed by atoms with Crippen molar-refractivity contribution in [3.8, 4) is 11.3 Å². The van der Waals surface area contributed by atoms with Crippen LogP contribution in [0.5, 0.6) is 0 Å². The number of nitrogen functional groups attached to an aromatic ring is 1. The number of hydrogen-bond acceptors (Lipinski definition) is 4. The lowest BCUT2D eigenvalue weighted by Gasteiger charge is -2.32. The summed E-state index contributed by atoms with van der Waals surface area (Å²) in [5, 5.41) is 0. The fourth-order valence-electron chi connectivity index (χ4n) is 4.76. The molecule has 0 amide bonds. The molecule has 2 aromatic heterocycles. The van der Waals surface area contributed by atoms with Gasteiger partial charge in [-0.25, -0.2) is 9.97 Å². The second-order valence-corrected chi connectivity index (χ2v) is 9.05. The first kappa shape index (κ1) is 27.0. The number of aromatic nitrogens is 3. The van der Waals surface area contributed by atoms with Crippen LogP contribution in [0.25, 0.3) is 11.3 Å². The van der Waals surface area contributed by atoms with Crippen molar-refractivity contribution in [3.63, 3.8) is 0 Å². The monoisotopic (exact) mass is 503 g/mol. The first-order valence-corrected chi connectivity index (χ1v) is 11.6. The summed E-state index contributed by atoms with van der Waals surface area (Å²) in [5.41, 5.74) is 3.84. The van der Waals surface area contributed by atoms with E-state index < -0.39 is 29.7 Å². The van der Waals surface area contributed by atoms with Gasteiger partial charge in [0.1, 0.15) is 17.6 Å². The molecule has 5 nitrogen and oxygen atoms in total. The Morgan fingerprint density at radius 2 is 1.94 bits per heavy atom. The zero-order valence-corrected chi connectivity index (χ0v) is 20.0. The topological polar surface area (TPSA) is 60.0 Å². The highest BCUT2D eigenvalue weighted by atomic mass is 19.4. The molecule has 0 aromatic carbocycles. The third-order valence-electron chi connectivity index (χ3n) is 6.84. The van der Waals surface area contributed by atoms with Gasteiger partial charge in [-0.1, -0.05) is 19.9 Å². The Bertz CT molecular complexity index is 1040. The van der Waals surface area contributed by atoms with Crippen LogP contribution >= 0.6 is 0 Å². The largest absolute Gasteiger partial charge is 0.419 e. The van der Waals surface area contributed by atoms with Crippen LogP contribution in [0.4, 0.5) is 32.2 Å². The summed E-state index contributed by atoms with van der Waals surface area (Å²) < 4.78 is 82.8. The molecule has 1 aliphatic carbocycles. The molecule has 2 heterocycles. The molecule has 0 spiro atoms. The summed E-state index contributed by atoms with van der Waals surface area (Å²) in [5.74, 6) is -2.82. The zero-order chi connectivity index (χ0) is 26.2. The number of anilines is 1. The Labute approximate surface area is 201 Å². The van der Waals surface area contributed by atoms with E-state index in [-0.39, 0.29) is 28.7 Å². The zero-order valence-electron chi connectivity index (χ0n) is 20.0. The van der Waals surface area contributed by atoms with Crippen LogP contribution in [-0.2, 0) is 6.18 Å². The second-order valence-electron chi connectivity index (χ2n) is 9.05. The van der Waals surface area contributed by atoms with Crippen molar-refractivity contribution in [2.75, 3.05) is 18.8 Å². The van der Waals surface area contributed by atoms with Gasteiger partial charge in [0, 0.05) is 30.0 Å². The molecule has 0 bridgehead atoms. The van der Waals surface area contributed by atoms with E-state index in [2.05, 4.69) is 21.4 Å².